The van der Waals surface area contributed by atoms with E-state index in [2.05, 4.69) is 37.6 Å². The van der Waals surface area contributed by atoms with Crippen molar-refractivity contribution >= 4 is 17.3 Å². The first kappa shape index (κ1) is 22.5. The number of hydrogen-bond donors (Lipinski definition) is 2. The summed E-state index contributed by atoms with van der Waals surface area (Å²) in [6.45, 7) is 7.52. The van der Waals surface area contributed by atoms with Crippen LogP contribution in [0.25, 0.3) is 0 Å². The monoisotopic (exact) mass is 441 g/mol. The molecule has 0 saturated carbocycles. The molecule has 10 heteroatoms. The minimum Gasteiger partial charge on any atom is -0.379 e. The highest BCUT2D eigenvalue weighted by atomic mass is 32.1. The summed E-state index contributed by atoms with van der Waals surface area (Å²) in [5.41, 5.74) is 1.44. The van der Waals surface area contributed by atoms with Crippen molar-refractivity contribution in [1.82, 2.24) is 20.5 Å². The number of morpholine rings is 1. The van der Waals surface area contributed by atoms with Gasteiger partial charge in [-0.05, 0) is 18.1 Å². The quantitative estimate of drug-likeness (QED) is 0.510. The summed E-state index contributed by atoms with van der Waals surface area (Å²) in [6.07, 6.45) is -4.42. The Kier molecular flexibility index (Phi) is 8.06. The van der Waals surface area contributed by atoms with Crippen LogP contribution in [-0.4, -0.2) is 48.7 Å². The molecule has 0 amide bonds. The van der Waals surface area contributed by atoms with Crippen LogP contribution in [0.4, 0.5) is 13.2 Å². The maximum absolute atomic E-state index is 12.7. The van der Waals surface area contributed by atoms with Gasteiger partial charge in [-0.2, -0.15) is 13.2 Å². The Morgan fingerprint density at radius 1 is 1.23 bits per heavy atom. The molecule has 0 unspecified atom stereocenters. The average Bonchev–Trinajstić information content (AvgIpc) is 3.21. The van der Waals surface area contributed by atoms with E-state index in [1.165, 1.54) is 5.56 Å². The zero-order chi connectivity index (χ0) is 21.4. The number of nitrogens with one attached hydrogen (secondary N) is 2. The van der Waals surface area contributed by atoms with Crippen molar-refractivity contribution in [3.05, 3.63) is 51.5 Å². The Balaban J connectivity index is 1.57. The van der Waals surface area contributed by atoms with E-state index in [4.69, 9.17) is 4.74 Å². The molecule has 6 nitrogen and oxygen atoms in total. The summed E-state index contributed by atoms with van der Waals surface area (Å²) in [5.74, 6) is 0.542. The van der Waals surface area contributed by atoms with Crippen LogP contribution in [0.5, 0.6) is 0 Å². The van der Waals surface area contributed by atoms with E-state index in [1.54, 1.807) is 0 Å². The van der Waals surface area contributed by atoms with Crippen molar-refractivity contribution in [2.24, 2.45) is 4.99 Å². The second-order valence-corrected chi connectivity index (χ2v) is 7.82. The number of rotatable bonds is 7. The Labute approximate surface area is 178 Å². The molecule has 3 rings (SSSR count). The number of aromatic nitrogens is 1. The normalized spacial score (nSPS) is 15.9. The van der Waals surface area contributed by atoms with Gasteiger partial charge in [-0.15, -0.1) is 11.3 Å². The first-order chi connectivity index (χ1) is 14.4. The van der Waals surface area contributed by atoms with Gasteiger partial charge >= 0.3 is 6.18 Å². The lowest BCUT2D eigenvalue weighted by Crippen LogP contribution is -2.36. The molecule has 1 fully saturated rings. The van der Waals surface area contributed by atoms with E-state index >= 15 is 0 Å². The zero-order valence-electron chi connectivity index (χ0n) is 16.8. The highest BCUT2D eigenvalue weighted by Gasteiger charge is 2.33. The van der Waals surface area contributed by atoms with Crippen molar-refractivity contribution in [2.75, 3.05) is 32.8 Å². The fraction of sp³-hybridized carbons (Fsp3) is 0.500. The Hall–Kier alpha value is -2.17. The molecular weight excluding hydrogens is 415 g/mol. The van der Waals surface area contributed by atoms with Gasteiger partial charge in [0.1, 0.15) is 5.01 Å². The number of guanidine groups is 1. The molecular formula is C20H26F3N5OS. The van der Waals surface area contributed by atoms with E-state index in [0.717, 1.165) is 55.1 Å². The van der Waals surface area contributed by atoms with Crippen LogP contribution in [0.15, 0.2) is 34.6 Å². The largest absolute Gasteiger partial charge is 0.434 e. The fourth-order valence-corrected chi connectivity index (χ4v) is 3.78. The van der Waals surface area contributed by atoms with Crippen LogP contribution < -0.4 is 10.6 Å². The average molecular weight is 442 g/mol. The van der Waals surface area contributed by atoms with Gasteiger partial charge in [-0.1, -0.05) is 24.3 Å². The molecule has 1 aromatic carbocycles. The van der Waals surface area contributed by atoms with Gasteiger partial charge in [-0.3, -0.25) is 4.90 Å². The number of nitrogens with zero attached hydrogens (tertiary/aromatic N) is 3. The predicted octanol–water partition coefficient (Wildman–Crippen LogP) is 3.25. The topological polar surface area (TPSA) is 61.8 Å². The van der Waals surface area contributed by atoms with Crippen molar-refractivity contribution in [3.63, 3.8) is 0 Å². The van der Waals surface area contributed by atoms with Crippen molar-refractivity contribution < 1.29 is 17.9 Å². The third-order valence-electron chi connectivity index (χ3n) is 4.51. The molecule has 1 aliphatic heterocycles. The predicted molar refractivity (Wildman–Crippen MR) is 111 cm³/mol. The summed E-state index contributed by atoms with van der Waals surface area (Å²) in [4.78, 5) is 10.6. The molecule has 1 aliphatic rings. The highest BCUT2D eigenvalue weighted by Crippen LogP contribution is 2.29. The number of thiazole rings is 1. The second-order valence-electron chi connectivity index (χ2n) is 6.88. The van der Waals surface area contributed by atoms with Crippen molar-refractivity contribution in [1.29, 1.82) is 0 Å². The van der Waals surface area contributed by atoms with Gasteiger partial charge < -0.3 is 15.4 Å². The smallest absolute Gasteiger partial charge is 0.379 e. The zero-order valence-corrected chi connectivity index (χ0v) is 17.7. The van der Waals surface area contributed by atoms with E-state index < -0.39 is 11.9 Å². The molecule has 30 heavy (non-hydrogen) atoms. The first-order valence-electron chi connectivity index (χ1n) is 9.85. The van der Waals surface area contributed by atoms with Crippen LogP contribution >= 0.6 is 11.3 Å². The lowest BCUT2D eigenvalue weighted by atomic mass is 10.1. The minimum atomic E-state index is -4.42. The first-order valence-corrected chi connectivity index (χ1v) is 10.7. The van der Waals surface area contributed by atoms with Gasteiger partial charge in [-0.25, -0.2) is 9.98 Å². The van der Waals surface area contributed by atoms with Crippen LogP contribution in [0.3, 0.4) is 0 Å². The van der Waals surface area contributed by atoms with Gasteiger partial charge in [0.15, 0.2) is 11.7 Å². The Morgan fingerprint density at radius 2 is 2.00 bits per heavy atom. The van der Waals surface area contributed by atoms with Gasteiger partial charge in [0.25, 0.3) is 0 Å². The number of aliphatic imine (C=N–C) groups is 1. The molecule has 2 aromatic rings. The number of alkyl halides is 3. The van der Waals surface area contributed by atoms with Gasteiger partial charge in [0, 0.05) is 31.6 Å². The van der Waals surface area contributed by atoms with Crippen LogP contribution in [0.1, 0.15) is 28.8 Å². The Morgan fingerprint density at radius 3 is 2.70 bits per heavy atom. The van der Waals surface area contributed by atoms with Gasteiger partial charge in [0.05, 0.1) is 26.3 Å². The number of halogens is 3. The maximum Gasteiger partial charge on any atom is 0.434 e. The summed E-state index contributed by atoms with van der Waals surface area (Å²) in [5, 5.41) is 7.55. The molecule has 2 N–H and O–H groups in total. The van der Waals surface area contributed by atoms with Crippen LogP contribution in [0.2, 0.25) is 0 Å². The molecule has 0 bridgehead atoms. The van der Waals surface area contributed by atoms with Crippen LogP contribution in [0, 0.1) is 0 Å². The van der Waals surface area contributed by atoms with E-state index in [9.17, 15) is 13.2 Å². The molecule has 0 radical (unpaired) electrons. The molecule has 0 aliphatic carbocycles. The van der Waals surface area contributed by atoms with Gasteiger partial charge in [0.2, 0.25) is 0 Å². The van der Waals surface area contributed by atoms with E-state index in [0.29, 0.717) is 24.1 Å². The minimum absolute atomic E-state index is 0.184. The highest BCUT2D eigenvalue weighted by molar-refractivity contribution is 7.09. The summed E-state index contributed by atoms with van der Waals surface area (Å²) in [7, 11) is 0. The lowest BCUT2D eigenvalue weighted by Gasteiger charge is -2.26. The molecule has 0 spiro atoms. The molecule has 0 atom stereocenters. The van der Waals surface area contributed by atoms with Crippen molar-refractivity contribution in [3.8, 4) is 0 Å². The van der Waals surface area contributed by atoms with Crippen molar-refractivity contribution in [2.45, 2.75) is 32.7 Å². The Bertz CT molecular complexity index is 834. The van der Waals surface area contributed by atoms with E-state index in [-0.39, 0.29) is 6.54 Å². The molecule has 1 saturated heterocycles. The third kappa shape index (κ3) is 6.96. The molecule has 2 heterocycles. The SMILES string of the molecule is CCNC(=NCc1cccc(CN2CCOCC2)c1)NCc1nc(C(F)(F)F)cs1. The number of hydrogen-bond acceptors (Lipinski definition) is 5. The number of ether oxygens (including phenoxy) is 1. The van der Waals surface area contributed by atoms with Crippen LogP contribution in [-0.2, 0) is 30.5 Å². The standard InChI is InChI=1S/C20H26F3N5OS/c1-2-24-19(26-12-18-27-17(14-30-18)20(21,22)23)25-11-15-4-3-5-16(10-15)13-28-6-8-29-9-7-28/h3-5,10,14H,2,6-9,11-13H2,1H3,(H2,24,25,26). The molecule has 164 valence electrons. The summed E-state index contributed by atoms with van der Waals surface area (Å²) in [6, 6.07) is 8.29. The summed E-state index contributed by atoms with van der Waals surface area (Å²) < 4.78 is 43.5. The number of benzene rings is 1. The fourth-order valence-electron chi connectivity index (χ4n) is 3.04. The second kappa shape index (κ2) is 10.7. The third-order valence-corrected chi connectivity index (χ3v) is 5.36. The maximum atomic E-state index is 12.7. The molecule has 1 aromatic heterocycles. The lowest BCUT2D eigenvalue weighted by molar-refractivity contribution is -0.140. The summed E-state index contributed by atoms with van der Waals surface area (Å²) >= 11 is 0.979. The van der Waals surface area contributed by atoms with E-state index in [1.807, 2.05) is 19.1 Å².